The minimum atomic E-state index is -1.07. The molecule has 1 saturated heterocycles. The van der Waals surface area contributed by atoms with Crippen LogP contribution in [-0.2, 0) is 10.4 Å². The largest absolute Gasteiger partial charge is 0.392 e. The number of aliphatic hydroxyl groups is 2. The third kappa shape index (κ3) is 3.45. The number of likely N-dealkylation sites (tertiary alicyclic amines) is 1. The first kappa shape index (κ1) is 23.6. The van der Waals surface area contributed by atoms with Gasteiger partial charge in [0.1, 0.15) is 5.60 Å². The molecule has 2 N–H and O–H groups in total. The molecule has 4 unspecified atom stereocenters. The summed E-state index contributed by atoms with van der Waals surface area (Å²) in [6.45, 7) is 8.07. The minimum absolute atomic E-state index is 0.0345. The number of benzene rings is 2. The Morgan fingerprint density at radius 1 is 0.941 bits per heavy atom. The highest BCUT2D eigenvalue weighted by molar-refractivity contribution is 5.76. The molecule has 0 spiro atoms. The molecular weight excluding hydrogens is 422 g/mol. The van der Waals surface area contributed by atoms with Crippen molar-refractivity contribution in [1.82, 2.24) is 4.90 Å². The van der Waals surface area contributed by atoms with Crippen molar-refractivity contribution in [3.63, 3.8) is 0 Å². The summed E-state index contributed by atoms with van der Waals surface area (Å²) in [5, 5.41) is 23.2. The van der Waals surface area contributed by atoms with Crippen LogP contribution in [0.2, 0.25) is 0 Å². The third-order valence-corrected chi connectivity index (χ3v) is 10.2. The number of amides is 1. The smallest absolute Gasteiger partial charge is 0.222 e. The molecule has 1 amide bonds. The van der Waals surface area contributed by atoms with Crippen LogP contribution in [0.4, 0.5) is 0 Å². The van der Waals surface area contributed by atoms with Crippen molar-refractivity contribution in [2.75, 3.05) is 13.1 Å². The molecule has 5 rings (SSSR count). The molecule has 34 heavy (non-hydrogen) atoms. The summed E-state index contributed by atoms with van der Waals surface area (Å²) < 4.78 is 0. The van der Waals surface area contributed by atoms with Crippen molar-refractivity contribution in [3.05, 3.63) is 71.8 Å². The Bertz CT molecular complexity index is 972. The summed E-state index contributed by atoms with van der Waals surface area (Å²) in [4.78, 5) is 15.3. The zero-order valence-corrected chi connectivity index (χ0v) is 20.8. The Morgan fingerprint density at radius 3 is 1.94 bits per heavy atom. The predicted octanol–water partition coefficient (Wildman–Crippen LogP) is 4.98. The molecule has 182 valence electrons. The molecule has 2 aromatic rings. The van der Waals surface area contributed by atoms with Gasteiger partial charge in [-0.05, 0) is 65.4 Å². The van der Waals surface area contributed by atoms with E-state index >= 15 is 0 Å². The second-order valence-corrected chi connectivity index (χ2v) is 11.8. The standard InChI is InChI=1S/C30H39NO3/c1-28(2)25-14-17-29(28,3)27(33)24(25)20-26(32)31-18-15-23(16-19-31)30(34,21-10-6-4-7-11-21)22-12-8-5-9-13-22/h4-13,23-25,27,33-34H,14-20H2,1-3H3. The summed E-state index contributed by atoms with van der Waals surface area (Å²) in [5.41, 5.74) is 0.735. The Hall–Kier alpha value is -2.17. The van der Waals surface area contributed by atoms with Gasteiger partial charge in [0.2, 0.25) is 5.91 Å². The van der Waals surface area contributed by atoms with Gasteiger partial charge in [0.15, 0.2) is 0 Å². The maximum Gasteiger partial charge on any atom is 0.222 e. The van der Waals surface area contributed by atoms with Crippen LogP contribution in [-0.4, -0.2) is 40.2 Å². The number of piperidine rings is 1. The van der Waals surface area contributed by atoms with E-state index in [0.29, 0.717) is 25.4 Å². The van der Waals surface area contributed by atoms with Gasteiger partial charge in [-0.2, -0.15) is 0 Å². The van der Waals surface area contributed by atoms with Crippen LogP contribution in [0, 0.1) is 28.6 Å². The molecule has 1 aliphatic heterocycles. The van der Waals surface area contributed by atoms with E-state index in [1.54, 1.807) is 0 Å². The highest BCUT2D eigenvalue weighted by Crippen LogP contribution is 2.68. The lowest BCUT2D eigenvalue weighted by Gasteiger charge is -2.43. The molecular formula is C30H39NO3. The number of carbonyl (C=O) groups is 1. The molecule has 1 heterocycles. The van der Waals surface area contributed by atoms with Gasteiger partial charge in [-0.15, -0.1) is 0 Å². The number of fused-ring (bicyclic) bond motifs is 2. The fourth-order valence-corrected chi connectivity index (χ4v) is 7.69. The lowest BCUT2D eigenvalue weighted by molar-refractivity contribution is -0.137. The molecule has 4 heteroatoms. The normalized spacial score (nSPS) is 31.1. The van der Waals surface area contributed by atoms with Gasteiger partial charge in [0.25, 0.3) is 0 Å². The first-order valence-electron chi connectivity index (χ1n) is 13.0. The summed E-state index contributed by atoms with van der Waals surface area (Å²) >= 11 is 0. The monoisotopic (exact) mass is 461 g/mol. The van der Waals surface area contributed by atoms with Gasteiger partial charge < -0.3 is 15.1 Å². The van der Waals surface area contributed by atoms with E-state index in [-0.39, 0.29) is 28.6 Å². The lowest BCUT2D eigenvalue weighted by atomic mass is 9.70. The van der Waals surface area contributed by atoms with Gasteiger partial charge in [-0.3, -0.25) is 4.79 Å². The molecule has 3 fully saturated rings. The molecule has 0 radical (unpaired) electrons. The van der Waals surface area contributed by atoms with E-state index < -0.39 is 11.7 Å². The number of aliphatic hydroxyl groups excluding tert-OH is 1. The van der Waals surface area contributed by atoms with E-state index in [4.69, 9.17) is 0 Å². The summed E-state index contributed by atoms with van der Waals surface area (Å²) in [7, 11) is 0. The molecule has 2 aromatic carbocycles. The van der Waals surface area contributed by atoms with Crippen molar-refractivity contribution in [3.8, 4) is 0 Å². The van der Waals surface area contributed by atoms with Crippen LogP contribution in [0.25, 0.3) is 0 Å². The van der Waals surface area contributed by atoms with Gasteiger partial charge >= 0.3 is 0 Å². The van der Waals surface area contributed by atoms with Gasteiger partial charge in [0.05, 0.1) is 6.10 Å². The first-order valence-corrected chi connectivity index (χ1v) is 13.0. The van der Waals surface area contributed by atoms with Crippen LogP contribution in [0.15, 0.2) is 60.7 Å². The fourth-order valence-electron chi connectivity index (χ4n) is 7.69. The van der Waals surface area contributed by atoms with Crippen LogP contribution < -0.4 is 0 Å². The van der Waals surface area contributed by atoms with Crippen LogP contribution >= 0.6 is 0 Å². The van der Waals surface area contributed by atoms with E-state index in [2.05, 4.69) is 20.8 Å². The van der Waals surface area contributed by atoms with Crippen molar-refractivity contribution < 1.29 is 15.0 Å². The SMILES string of the molecule is CC1(C)C2CCC1(C)C(O)C2CC(=O)N1CCC(C(O)(c2ccccc2)c2ccccc2)CC1. The third-order valence-electron chi connectivity index (χ3n) is 10.2. The first-order chi connectivity index (χ1) is 16.2. The molecule has 2 aliphatic carbocycles. The van der Waals surface area contributed by atoms with Crippen molar-refractivity contribution in [2.24, 2.45) is 28.6 Å². The topological polar surface area (TPSA) is 60.8 Å². The Morgan fingerprint density at radius 2 is 1.47 bits per heavy atom. The predicted molar refractivity (Wildman–Crippen MR) is 134 cm³/mol. The zero-order valence-electron chi connectivity index (χ0n) is 20.8. The van der Waals surface area contributed by atoms with E-state index in [1.807, 2.05) is 65.6 Å². The molecule has 0 aromatic heterocycles. The highest BCUT2D eigenvalue weighted by atomic mass is 16.3. The van der Waals surface area contributed by atoms with Crippen molar-refractivity contribution in [1.29, 1.82) is 0 Å². The molecule has 4 atom stereocenters. The van der Waals surface area contributed by atoms with E-state index in [1.165, 1.54) is 0 Å². The number of carbonyl (C=O) groups excluding carboxylic acids is 1. The number of hydrogen-bond acceptors (Lipinski definition) is 3. The second-order valence-electron chi connectivity index (χ2n) is 11.8. The van der Waals surface area contributed by atoms with Gasteiger partial charge in [-0.1, -0.05) is 81.4 Å². The van der Waals surface area contributed by atoms with Gasteiger partial charge in [0, 0.05) is 19.5 Å². The molecule has 4 nitrogen and oxygen atoms in total. The number of hydrogen-bond donors (Lipinski definition) is 2. The lowest BCUT2D eigenvalue weighted by Crippen LogP contribution is -2.47. The Labute approximate surface area is 204 Å². The number of nitrogens with zero attached hydrogens (tertiary/aromatic N) is 1. The van der Waals surface area contributed by atoms with Crippen LogP contribution in [0.1, 0.15) is 64.0 Å². The zero-order chi connectivity index (χ0) is 24.1. The quantitative estimate of drug-likeness (QED) is 0.660. The fraction of sp³-hybridized carbons (Fsp3) is 0.567. The minimum Gasteiger partial charge on any atom is -0.392 e. The van der Waals surface area contributed by atoms with Crippen LogP contribution in [0.5, 0.6) is 0 Å². The van der Waals surface area contributed by atoms with Crippen LogP contribution in [0.3, 0.4) is 0 Å². The average molecular weight is 462 g/mol. The van der Waals surface area contributed by atoms with E-state index in [0.717, 1.165) is 36.8 Å². The van der Waals surface area contributed by atoms with Gasteiger partial charge in [-0.25, -0.2) is 0 Å². The molecule has 2 saturated carbocycles. The maximum absolute atomic E-state index is 13.3. The molecule has 3 aliphatic rings. The van der Waals surface area contributed by atoms with Crippen molar-refractivity contribution >= 4 is 5.91 Å². The summed E-state index contributed by atoms with van der Waals surface area (Å²) in [5.74, 6) is 0.671. The van der Waals surface area contributed by atoms with E-state index in [9.17, 15) is 15.0 Å². The number of rotatable bonds is 5. The Kier molecular flexibility index (Phi) is 5.89. The molecule has 2 bridgehead atoms. The average Bonchev–Trinajstić information content (AvgIpc) is 3.18. The summed E-state index contributed by atoms with van der Waals surface area (Å²) in [6.07, 6.45) is 3.72. The van der Waals surface area contributed by atoms with Crippen molar-refractivity contribution in [2.45, 2.75) is 64.6 Å². The maximum atomic E-state index is 13.3. The summed E-state index contributed by atoms with van der Waals surface area (Å²) in [6, 6.07) is 19.9. The highest BCUT2D eigenvalue weighted by Gasteiger charge is 2.65. The second kappa shape index (κ2) is 8.49. The Balaban J connectivity index is 1.29.